The van der Waals surface area contributed by atoms with Crippen molar-refractivity contribution in [3.63, 3.8) is 0 Å². The van der Waals surface area contributed by atoms with Gasteiger partial charge in [-0.3, -0.25) is 9.78 Å². The van der Waals surface area contributed by atoms with Crippen molar-refractivity contribution in [1.29, 1.82) is 0 Å². The summed E-state index contributed by atoms with van der Waals surface area (Å²) in [6, 6.07) is 1.96. The molecule has 1 heterocycles. The maximum atomic E-state index is 12.4. The van der Waals surface area contributed by atoms with Gasteiger partial charge in [-0.05, 0) is 30.7 Å². The third-order valence-corrected chi connectivity index (χ3v) is 3.69. The highest BCUT2D eigenvalue weighted by atomic mass is 16.1. The van der Waals surface area contributed by atoms with Gasteiger partial charge >= 0.3 is 0 Å². The summed E-state index contributed by atoms with van der Waals surface area (Å²) in [6.07, 6.45) is 6.42. The van der Waals surface area contributed by atoms with Crippen molar-refractivity contribution in [2.24, 2.45) is 11.1 Å². The van der Waals surface area contributed by atoms with Crippen LogP contribution in [0, 0.1) is 17.3 Å². The maximum absolute atomic E-state index is 12.4. The van der Waals surface area contributed by atoms with Gasteiger partial charge in [0.15, 0.2) is 0 Å². The van der Waals surface area contributed by atoms with Crippen molar-refractivity contribution < 1.29 is 4.79 Å². The van der Waals surface area contributed by atoms with E-state index in [1.165, 1.54) is 0 Å². The standard InChI is InChI=1S/C16H21N3O/c1-16(2)7-5-13(10-16)19-15(20)14-6-9-18-11-12(14)4-3-8-17/h6,9,11,13H,5,7-8,10,17H2,1-2H3,(H,19,20). The van der Waals surface area contributed by atoms with E-state index in [1.54, 1.807) is 18.5 Å². The first kappa shape index (κ1) is 14.5. The zero-order valence-corrected chi connectivity index (χ0v) is 12.1. The number of hydrogen-bond donors (Lipinski definition) is 2. The molecule has 4 heteroatoms. The Morgan fingerprint density at radius 1 is 1.60 bits per heavy atom. The Labute approximate surface area is 120 Å². The smallest absolute Gasteiger partial charge is 0.252 e. The van der Waals surface area contributed by atoms with Crippen LogP contribution in [-0.4, -0.2) is 23.5 Å². The monoisotopic (exact) mass is 271 g/mol. The molecule has 4 nitrogen and oxygen atoms in total. The molecular weight excluding hydrogens is 250 g/mol. The van der Waals surface area contributed by atoms with Crippen molar-refractivity contribution in [2.75, 3.05) is 6.54 Å². The van der Waals surface area contributed by atoms with Crippen molar-refractivity contribution in [2.45, 2.75) is 39.2 Å². The van der Waals surface area contributed by atoms with Crippen molar-refractivity contribution >= 4 is 5.91 Å². The van der Waals surface area contributed by atoms with Crippen LogP contribution in [0.4, 0.5) is 0 Å². The summed E-state index contributed by atoms with van der Waals surface area (Å²) in [5.74, 6) is 5.59. The van der Waals surface area contributed by atoms with Crippen LogP contribution in [-0.2, 0) is 0 Å². The molecule has 3 N–H and O–H groups in total. The Balaban J connectivity index is 2.10. The van der Waals surface area contributed by atoms with Gasteiger partial charge in [-0.15, -0.1) is 0 Å². The van der Waals surface area contributed by atoms with Crippen LogP contribution in [0.15, 0.2) is 18.5 Å². The lowest BCUT2D eigenvalue weighted by Gasteiger charge is -2.18. The summed E-state index contributed by atoms with van der Waals surface area (Å²) in [7, 11) is 0. The van der Waals surface area contributed by atoms with Gasteiger partial charge in [0.25, 0.3) is 5.91 Å². The van der Waals surface area contributed by atoms with Crippen molar-refractivity contribution in [3.8, 4) is 11.8 Å². The molecule has 0 saturated heterocycles. The minimum Gasteiger partial charge on any atom is -0.349 e. The molecule has 1 aliphatic carbocycles. The number of nitrogens with two attached hydrogens (primary N) is 1. The molecule has 1 atom stereocenters. The molecule has 1 aromatic rings. The number of rotatable bonds is 2. The van der Waals surface area contributed by atoms with Crippen molar-refractivity contribution in [1.82, 2.24) is 10.3 Å². The number of hydrogen-bond acceptors (Lipinski definition) is 3. The Morgan fingerprint density at radius 2 is 2.40 bits per heavy atom. The summed E-state index contributed by atoms with van der Waals surface area (Å²) in [5.41, 5.74) is 6.89. The van der Waals surface area contributed by atoms with E-state index in [9.17, 15) is 4.79 Å². The Bertz CT molecular complexity index is 554. The third kappa shape index (κ3) is 3.58. The first-order valence-electron chi connectivity index (χ1n) is 6.96. The SMILES string of the molecule is CC1(C)CCC(NC(=O)c2ccncc2C#CCN)C1. The van der Waals surface area contributed by atoms with E-state index in [0.29, 0.717) is 16.5 Å². The molecular formula is C16H21N3O. The number of carbonyl (C=O) groups excluding carboxylic acids is 1. The highest BCUT2D eigenvalue weighted by Crippen LogP contribution is 2.36. The molecule has 1 amide bonds. The largest absolute Gasteiger partial charge is 0.349 e. The van der Waals surface area contributed by atoms with Gasteiger partial charge in [-0.1, -0.05) is 25.7 Å². The van der Waals surface area contributed by atoms with Gasteiger partial charge in [0, 0.05) is 18.4 Å². The molecule has 0 aromatic carbocycles. The highest BCUT2D eigenvalue weighted by molar-refractivity contribution is 5.96. The Hall–Kier alpha value is -1.86. The molecule has 0 spiro atoms. The fourth-order valence-corrected chi connectivity index (χ4v) is 2.66. The van der Waals surface area contributed by atoms with E-state index in [0.717, 1.165) is 19.3 Å². The van der Waals surface area contributed by atoms with E-state index < -0.39 is 0 Å². The first-order chi connectivity index (χ1) is 9.52. The van der Waals surface area contributed by atoms with Gasteiger partial charge in [-0.2, -0.15) is 0 Å². The molecule has 0 bridgehead atoms. The number of aromatic nitrogens is 1. The van der Waals surface area contributed by atoms with Gasteiger partial charge in [0.05, 0.1) is 17.7 Å². The summed E-state index contributed by atoms with van der Waals surface area (Å²) in [6.45, 7) is 4.75. The Kier molecular flexibility index (Phi) is 4.41. The van der Waals surface area contributed by atoms with E-state index in [2.05, 4.69) is 36.0 Å². The molecule has 1 aromatic heterocycles. The zero-order chi connectivity index (χ0) is 14.6. The lowest BCUT2D eigenvalue weighted by Crippen LogP contribution is -2.34. The number of pyridine rings is 1. The zero-order valence-electron chi connectivity index (χ0n) is 12.1. The molecule has 1 aliphatic rings. The van der Waals surface area contributed by atoms with Crippen LogP contribution < -0.4 is 11.1 Å². The summed E-state index contributed by atoms with van der Waals surface area (Å²) in [5, 5.41) is 3.10. The third-order valence-electron chi connectivity index (χ3n) is 3.69. The van der Waals surface area contributed by atoms with Crippen molar-refractivity contribution in [3.05, 3.63) is 29.6 Å². The van der Waals surface area contributed by atoms with Crippen LogP contribution in [0.5, 0.6) is 0 Å². The minimum atomic E-state index is -0.0728. The van der Waals surface area contributed by atoms with Crippen LogP contribution >= 0.6 is 0 Å². The van der Waals surface area contributed by atoms with Crippen LogP contribution in [0.3, 0.4) is 0 Å². The molecule has 106 valence electrons. The van der Waals surface area contributed by atoms with Gasteiger partial charge < -0.3 is 11.1 Å². The average molecular weight is 271 g/mol. The summed E-state index contributed by atoms with van der Waals surface area (Å²) in [4.78, 5) is 16.4. The predicted molar refractivity (Wildman–Crippen MR) is 79.1 cm³/mol. The second-order valence-corrected chi connectivity index (χ2v) is 6.00. The molecule has 20 heavy (non-hydrogen) atoms. The topological polar surface area (TPSA) is 68.0 Å². The van der Waals surface area contributed by atoms with E-state index in [4.69, 9.17) is 5.73 Å². The maximum Gasteiger partial charge on any atom is 0.252 e. The number of nitrogens with one attached hydrogen (secondary N) is 1. The molecule has 2 rings (SSSR count). The predicted octanol–water partition coefficient (Wildman–Crippen LogP) is 1.70. The molecule has 1 fully saturated rings. The van der Waals surface area contributed by atoms with Crippen LogP contribution in [0.1, 0.15) is 49.0 Å². The second-order valence-electron chi connectivity index (χ2n) is 6.00. The minimum absolute atomic E-state index is 0.0728. The highest BCUT2D eigenvalue weighted by Gasteiger charge is 2.31. The van der Waals surface area contributed by atoms with E-state index >= 15 is 0 Å². The molecule has 0 aliphatic heterocycles. The lowest BCUT2D eigenvalue weighted by atomic mass is 9.92. The molecule has 1 unspecified atom stereocenters. The Morgan fingerprint density at radius 3 is 3.05 bits per heavy atom. The number of carbonyl (C=O) groups is 1. The summed E-state index contributed by atoms with van der Waals surface area (Å²) < 4.78 is 0. The number of amides is 1. The quantitative estimate of drug-likeness (QED) is 0.804. The second kappa shape index (κ2) is 6.06. The van der Waals surface area contributed by atoms with Gasteiger partial charge in [-0.25, -0.2) is 0 Å². The fraction of sp³-hybridized carbons (Fsp3) is 0.500. The summed E-state index contributed by atoms with van der Waals surface area (Å²) >= 11 is 0. The van der Waals surface area contributed by atoms with E-state index in [1.807, 2.05) is 0 Å². The van der Waals surface area contributed by atoms with Gasteiger partial charge in [0.2, 0.25) is 0 Å². The normalized spacial score (nSPS) is 20.1. The fourth-order valence-electron chi connectivity index (χ4n) is 2.66. The van der Waals surface area contributed by atoms with Crippen LogP contribution in [0.2, 0.25) is 0 Å². The first-order valence-corrected chi connectivity index (χ1v) is 6.96. The molecule has 0 radical (unpaired) electrons. The van der Waals surface area contributed by atoms with Gasteiger partial charge in [0.1, 0.15) is 0 Å². The van der Waals surface area contributed by atoms with E-state index in [-0.39, 0.29) is 18.5 Å². The number of nitrogens with zero attached hydrogens (tertiary/aromatic N) is 1. The lowest BCUT2D eigenvalue weighted by molar-refractivity contribution is 0.0935. The molecule has 1 saturated carbocycles. The van der Waals surface area contributed by atoms with Crippen LogP contribution in [0.25, 0.3) is 0 Å². The average Bonchev–Trinajstić information content (AvgIpc) is 2.76.